The molecule has 0 aliphatic carbocycles. The van der Waals surface area contributed by atoms with Crippen molar-refractivity contribution in [2.45, 2.75) is 47.1 Å². The quantitative estimate of drug-likeness (QED) is 0.822. The highest BCUT2D eigenvalue weighted by Crippen LogP contribution is 2.22. The standard InChI is InChI=1S/C19H26N4O3/c1-12(2)11-26-16-9-18(25)23(22-19(16)13(3)4)10-17(24)21-15-6-7-20-14(5)8-15/h6-9,12-13H,10-11H2,1-5H3,(H,20,21,24). The molecule has 0 aliphatic rings. The number of anilines is 1. The van der Waals surface area contributed by atoms with Crippen LogP contribution in [-0.2, 0) is 11.3 Å². The van der Waals surface area contributed by atoms with Gasteiger partial charge in [0.1, 0.15) is 18.0 Å². The molecule has 7 nitrogen and oxygen atoms in total. The number of nitrogens with one attached hydrogen (secondary N) is 1. The Kier molecular flexibility index (Phi) is 6.49. The molecule has 2 rings (SSSR count). The van der Waals surface area contributed by atoms with Gasteiger partial charge in [-0.25, -0.2) is 4.68 Å². The Balaban J connectivity index is 2.19. The van der Waals surface area contributed by atoms with Crippen molar-refractivity contribution in [3.8, 4) is 5.75 Å². The monoisotopic (exact) mass is 358 g/mol. The first kappa shape index (κ1) is 19.6. The molecule has 26 heavy (non-hydrogen) atoms. The van der Waals surface area contributed by atoms with Crippen LogP contribution in [0.15, 0.2) is 29.2 Å². The fraction of sp³-hybridized carbons (Fsp3) is 0.474. The zero-order valence-electron chi connectivity index (χ0n) is 15.9. The Hall–Kier alpha value is -2.70. The van der Waals surface area contributed by atoms with Gasteiger partial charge >= 0.3 is 0 Å². The fourth-order valence-corrected chi connectivity index (χ4v) is 2.33. The highest BCUT2D eigenvalue weighted by atomic mass is 16.5. The van der Waals surface area contributed by atoms with Crippen LogP contribution in [0.3, 0.4) is 0 Å². The van der Waals surface area contributed by atoms with Crippen molar-refractivity contribution >= 4 is 11.6 Å². The second-order valence-electron chi connectivity index (χ2n) is 6.98. The van der Waals surface area contributed by atoms with Crippen LogP contribution in [-0.4, -0.2) is 27.3 Å². The molecule has 0 saturated heterocycles. The molecule has 1 N–H and O–H groups in total. The third-order valence-corrected chi connectivity index (χ3v) is 3.58. The summed E-state index contributed by atoms with van der Waals surface area (Å²) >= 11 is 0. The van der Waals surface area contributed by atoms with Crippen molar-refractivity contribution in [1.29, 1.82) is 0 Å². The molecule has 0 aliphatic heterocycles. The highest BCUT2D eigenvalue weighted by Gasteiger charge is 2.16. The van der Waals surface area contributed by atoms with Gasteiger partial charge in [-0.3, -0.25) is 14.6 Å². The predicted molar refractivity (Wildman–Crippen MR) is 101 cm³/mol. The molecule has 0 atom stereocenters. The Morgan fingerprint density at radius 3 is 2.62 bits per heavy atom. The van der Waals surface area contributed by atoms with E-state index in [1.54, 1.807) is 18.3 Å². The minimum atomic E-state index is -0.366. The molecule has 0 bridgehead atoms. The number of ether oxygens (including phenoxy) is 1. The lowest BCUT2D eigenvalue weighted by molar-refractivity contribution is -0.117. The minimum absolute atomic E-state index is 0.0647. The van der Waals surface area contributed by atoms with Gasteiger partial charge in [-0.2, -0.15) is 5.10 Å². The Bertz CT molecular complexity index is 828. The van der Waals surface area contributed by atoms with Crippen molar-refractivity contribution in [3.05, 3.63) is 46.1 Å². The molecular weight excluding hydrogens is 332 g/mol. The van der Waals surface area contributed by atoms with Gasteiger partial charge in [0.15, 0.2) is 0 Å². The number of rotatable bonds is 7. The maximum absolute atomic E-state index is 12.3. The van der Waals surface area contributed by atoms with Crippen LogP contribution in [0.5, 0.6) is 5.75 Å². The zero-order valence-corrected chi connectivity index (χ0v) is 15.9. The summed E-state index contributed by atoms with van der Waals surface area (Å²) in [6.07, 6.45) is 1.62. The van der Waals surface area contributed by atoms with Crippen LogP contribution in [0, 0.1) is 12.8 Å². The summed E-state index contributed by atoms with van der Waals surface area (Å²) in [5.41, 5.74) is 1.73. The SMILES string of the molecule is Cc1cc(NC(=O)Cn2nc(C(C)C)c(OCC(C)C)cc2=O)ccn1. The van der Waals surface area contributed by atoms with E-state index in [4.69, 9.17) is 4.74 Å². The first-order valence-corrected chi connectivity index (χ1v) is 8.73. The van der Waals surface area contributed by atoms with Gasteiger partial charge in [-0.15, -0.1) is 0 Å². The van der Waals surface area contributed by atoms with Gasteiger partial charge in [0.2, 0.25) is 5.91 Å². The van der Waals surface area contributed by atoms with Crippen molar-refractivity contribution in [2.75, 3.05) is 11.9 Å². The average Bonchev–Trinajstić information content (AvgIpc) is 2.54. The van der Waals surface area contributed by atoms with E-state index >= 15 is 0 Å². The normalized spacial score (nSPS) is 11.0. The van der Waals surface area contributed by atoms with E-state index in [9.17, 15) is 9.59 Å². The van der Waals surface area contributed by atoms with E-state index in [-0.39, 0.29) is 23.9 Å². The second kappa shape index (κ2) is 8.60. The molecule has 140 valence electrons. The molecule has 0 fully saturated rings. The molecule has 0 saturated carbocycles. The van der Waals surface area contributed by atoms with Crippen LogP contribution in [0.4, 0.5) is 5.69 Å². The number of amides is 1. The molecule has 1 amide bonds. The molecule has 7 heteroatoms. The first-order valence-electron chi connectivity index (χ1n) is 8.73. The summed E-state index contributed by atoms with van der Waals surface area (Å²) < 4.78 is 6.89. The van der Waals surface area contributed by atoms with Gasteiger partial charge in [0.25, 0.3) is 5.56 Å². The summed E-state index contributed by atoms with van der Waals surface area (Å²) in [5, 5.41) is 7.11. The average molecular weight is 358 g/mol. The van der Waals surface area contributed by atoms with Crippen molar-refractivity contribution < 1.29 is 9.53 Å². The Morgan fingerprint density at radius 2 is 2.00 bits per heavy atom. The lowest BCUT2D eigenvalue weighted by Gasteiger charge is -2.16. The van der Waals surface area contributed by atoms with Gasteiger partial charge in [-0.05, 0) is 25.0 Å². The topological polar surface area (TPSA) is 86.1 Å². The van der Waals surface area contributed by atoms with Crippen LogP contribution in [0.2, 0.25) is 0 Å². The van der Waals surface area contributed by atoms with E-state index in [0.717, 1.165) is 5.69 Å². The molecule has 2 aromatic heterocycles. The number of pyridine rings is 1. The smallest absolute Gasteiger partial charge is 0.270 e. The number of carbonyl (C=O) groups excluding carboxylic acids is 1. The van der Waals surface area contributed by atoms with Crippen LogP contribution in [0.1, 0.15) is 45.0 Å². The lowest BCUT2D eigenvalue weighted by atomic mass is 10.1. The third kappa shape index (κ3) is 5.40. The van der Waals surface area contributed by atoms with Gasteiger partial charge in [0.05, 0.1) is 6.61 Å². The largest absolute Gasteiger partial charge is 0.491 e. The van der Waals surface area contributed by atoms with E-state index in [1.807, 2.05) is 34.6 Å². The fourth-order valence-electron chi connectivity index (χ4n) is 2.33. The number of hydrogen-bond acceptors (Lipinski definition) is 5. The zero-order chi connectivity index (χ0) is 19.3. The van der Waals surface area contributed by atoms with E-state index in [2.05, 4.69) is 15.4 Å². The third-order valence-electron chi connectivity index (χ3n) is 3.58. The molecule has 2 heterocycles. The van der Waals surface area contributed by atoms with Crippen molar-refractivity contribution in [3.63, 3.8) is 0 Å². The molecule has 0 aromatic carbocycles. The van der Waals surface area contributed by atoms with E-state index in [0.29, 0.717) is 29.7 Å². The van der Waals surface area contributed by atoms with Gasteiger partial charge in [-0.1, -0.05) is 27.7 Å². The van der Waals surface area contributed by atoms with Crippen LogP contribution >= 0.6 is 0 Å². The van der Waals surface area contributed by atoms with E-state index in [1.165, 1.54) is 10.7 Å². The lowest BCUT2D eigenvalue weighted by Crippen LogP contribution is -2.30. The number of hydrogen-bond donors (Lipinski definition) is 1. The predicted octanol–water partition coefficient (Wildman–Crippen LogP) is 2.74. The first-order chi connectivity index (χ1) is 12.3. The number of nitrogens with zero attached hydrogens (tertiary/aromatic N) is 3. The Labute approximate surface area is 153 Å². The summed E-state index contributed by atoms with van der Waals surface area (Å²) in [7, 11) is 0. The maximum Gasteiger partial charge on any atom is 0.270 e. The van der Waals surface area contributed by atoms with E-state index < -0.39 is 0 Å². The molecule has 0 spiro atoms. The summed E-state index contributed by atoms with van der Waals surface area (Å²) in [6.45, 7) is 10.2. The van der Waals surface area contributed by atoms with Crippen molar-refractivity contribution in [1.82, 2.24) is 14.8 Å². The van der Waals surface area contributed by atoms with Crippen molar-refractivity contribution in [2.24, 2.45) is 5.92 Å². The molecule has 2 aromatic rings. The summed E-state index contributed by atoms with van der Waals surface area (Å²) in [6, 6.07) is 4.87. The van der Waals surface area contributed by atoms with Crippen LogP contribution in [0.25, 0.3) is 0 Å². The number of aryl methyl sites for hydroxylation is 1. The van der Waals surface area contributed by atoms with Crippen LogP contribution < -0.4 is 15.6 Å². The number of carbonyl (C=O) groups is 1. The Morgan fingerprint density at radius 1 is 1.27 bits per heavy atom. The molecule has 0 unspecified atom stereocenters. The molecule has 0 radical (unpaired) electrons. The summed E-state index contributed by atoms with van der Waals surface area (Å²) in [4.78, 5) is 28.7. The second-order valence-corrected chi connectivity index (χ2v) is 6.98. The molecular formula is C19H26N4O3. The minimum Gasteiger partial charge on any atom is -0.491 e. The maximum atomic E-state index is 12.3. The summed E-state index contributed by atoms with van der Waals surface area (Å²) in [5.74, 6) is 0.567. The van der Waals surface area contributed by atoms with Gasteiger partial charge < -0.3 is 10.1 Å². The van der Waals surface area contributed by atoms with Gasteiger partial charge in [0, 0.05) is 29.6 Å². The highest BCUT2D eigenvalue weighted by molar-refractivity contribution is 5.90. The number of aromatic nitrogens is 3.